The van der Waals surface area contributed by atoms with Crippen molar-refractivity contribution in [1.29, 1.82) is 0 Å². The van der Waals surface area contributed by atoms with Crippen molar-refractivity contribution < 1.29 is 17.2 Å². The molecule has 0 aromatic heterocycles. The summed E-state index contributed by atoms with van der Waals surface area (Å²) in [5.74, 6) is 0.455. The van der Waals surface area contributed by atoms with Crippen LogP contribution < -0.4 is 0 Å². The Balaban J connectivity index is 3.67. The first kappa shape index (κ1) is 16.4. The van der Waals surface area contributed by atoms with Crippen LogP contribution in [0.1, 0.15) is 40.0 Å². The molecule has 0 saturated heterocycles. The van der Waals surface area contributed by atoms with Crippen LogP contribution in [0.2, 0.25) is 0 Å². The predicted octanol–water partition coefficient (Wildman–Crippen LogP) is 3.13. The van der Waals surface area contributed by atoms with Crippen molar-refractivity contribution in [3.63, 3.8) is 0 Å². The van der Waals surface area contributed by atoms with Crippen molar-refractivity contribution >= 4 is 10.4 Å². The van der Waals surface area contributed by atoms with Gasteiger partial charge in [-0.1, -0.05) is 30.7 Å². The number of rotatable bonds is 8. The van der Waals surface area contributed by atoms with Gasteiger partial charge < -0.3 is 0 Å². The Morgan fingerprint density at radius 3 is 2.53 bits per heavy atom. The second kappa shape index (κ2) is 8.44. The number of hydrogen-bond acceptors (Lipinski definition) is 3. The summed E-state index contributed by atoms with van der Waals surface area (Å²) < 4.78 is 33.0. The third-order valence-corrected chi connectivity index (χ3v) is 2.62. The lowest BCUT2D eigenvalue weighted by molar-refractivity contribution is 0.273. The summed E-state index contributed by atoms with van der Waals surface area (Å²) in [5.41, 5.74) is 1.32. The molecule has 0 bridgehead atoms. The minimum Gasteiger partial charge on any atom is -0.264 e. The van der Waals surface area contributed by atoms with Crippen LogP contribution in [0.15, 0.2) is 23.8 Å². The molecule has 4 nitrogen and oxygen atoms in total. The molecule has 0 amide bonds. The molecule has 0 radical (unpaired) electrons. The van der Waals surface area contributed by atoms with Crippen molar-refractivity contribution in [3.05, 3.63) is 23.8 Å². The SMILES string of the molecule is CC(C)=CCCC(C)/C=C/CCOS(=O)(=O)O. The van der Waals surface area contributed by atoms with Gasteiger partial charge in [-0.2, -0.15) is 8.42 Å². The molecule has 0 rings (SSSR count). The van der Waals surface area contributed by atoms with Gasteiger partial charge in [0.15, 0.2) is 0 Å². The largest absolute Gasteiger partial charge is 0.397 e. The first-order valence-corrected chi connectivity index (χ1v) is 7.09. The molecular formula is C12H22O4S. The lowest BCUT2D eigenvalue weighted by Crippen LogP contribution is -2.04. The average molecular weight is 262 g/mol. The van der Waals surface area contributed by atoms with Gasteiger partial charge in [0.25, 0.3) is 0 Å². The molecule has 0 saturated carbocycles. The Hall–Kier alpha value is -0.650. The summed E-state index contributed by atoms with van der Waals surface area (Å²) in [6.07, 6.45) is 8.71. The van der Waals surface area contributed by atoms with Crippen LogP contribution in [0.4, 0.5) is 0 Å². The van der Waals surface area contributed by atoms with E-state index in [-0.39, 0.29) is 6.61 Å². The van der Waals surface area contributed by atoms with E-state index in [1.807, 2.05) is 12.2 Å². The van der Waals surface area contributed by atoms with Gasteiger partial charge in [-0.05, 0) is 39.0 Å². The van der Waals surface area contributed by atoms with Gasteiger partial charge in [-0.15, -0.1) is 0 Å². The molecule has 0 aromatic rings. The van der Waals surface area contributed by atoms with E-state index in [0.717, 1.165) is 12.8 Å². The maximum Gasteiger partial charge on any atom is 0.397 e. The Kier molecular flexibility index (Phi) is 8.12. The van der Waals surface area contributed by atoms with Gasteiger partial charge in [0, 0.05) is 0 Å². The molecule has 17 heavy (non-hydrogen) atoms. The van der Waals surface area contributed by atoms with Gasteiger partial charge in [0.05, 0.1) is 6.61 Å². The molecule has 100 valence electrons. The van der Waals surface area contributed by atoms with E-state index >= 15 is 0 Å². The van der Waals surface area contributed by atoms with Crippen molar-refractivity contribution in [1.82, 2.24) is 0 Å². The van der Waals surface area contributed by atoms with Gasteiger partial charge in [-0.25, -0.2) is 4.18 Å². The minimum absolute atomic E-state index is 0.0178. The lowest BCUT2D eigenvalue weighted by Gasteiger charge is -2.03. The third-order valence-electron chi connectivity index (χ3n) is 2.16. The standard InChI is InChI=1S/C12H22O4S/c1-11(2)7-6-9-12(3)8-4-5-10-16-17(13,14)15/h4,7-8,12H,5-6,9-10H2,1-3H3,(H,13,14,15)/b8-4+. The molecule has 0 aliphatic heterocycles. The summed E-state index contributed by atoms with van der Waals surface area (Å²) in [6.45, 7) is 6.25. The highest BCUT2D eigenvalue weighted by Gasteiger charge is 2.01. The molecule has 1 N–H and O–H groups in total. The first-order chi connectivity index (χ1) is 7.81. The van der Waals surface area contributed by atoms with Crippen LogP contribution in [0.25, 0.3) is 0 Å². The van der Waals surface area contributed by atoms with Crippen LogP contribution in [0.3, 0.4) is 0 Å². The molecule has 0 aliphatic rings. The molecule has 1 unspecified atom stereocenters. The Morgan fingerprint density at radius 1 is 1.35 bits per heavy atom. The zero-order valence-corrected chi connectivity index (χ0v) is 11.5. The van der Waals surface area contributed by atoms with E-state index in [2.05, 4.69) is 31.0 Å². The highest BCUT2D eigenvalue weighted by molar-refractivity contribution is 7.80. The van der Waals surface area contributed by atoms with E-state index in [9.17, 15) is 8.42 Å². The molecule has 0 heterocycles. The maximum atomic E-state index is 10.2. The second-order valence-corrected chi connectivity index (χ2v) is 5.39. The normalized spacial score (nSPS) is 13.9. The van der Waals surface area contributed by atoms with Crippen molar-refractivity contribution in [2.45, 2.75) is 40.0 Å². The van der Waals surface area contributed by atoms with E-state index < -0.39 is 10.4 Å². The summed E-state index contributed by atoms with van der Waals surface area (Å²) in [4.78, 5) is 0. The highest BCUT2D eigenvalue weighted by atomic mass is 32.3. The molecule has 0 aliphatic carbocycles. The molecule has 0 spiro atoms. The number of allylic oxidation sites excluding steroid dienone is 3. The fourth-order valence-corrected chi connectivity index (χ4v) is 1.59. The van der Waals surface area contributed by atoms with Gasteiger partial charge >= 0.3 is 10.4 Å². The zero-order valence-electron chi connectivity index (χ0n) is 10.7. The van der Waals surface area contributed by atoms with Crippen LogP contribution in [-0.2, 0) is 14.6 Å². The molecule has 0 aromatic carbocycles. The van der Waals surface area contributed by atoms with Crippen LogP contribution in [0, 0.1) is 5.92 Å². The highest BCUT2D eigenvalue weighted by Crippen LogP contribution is 2.09. The van der Waals surface area contributed by atoms with E-state index in [1.54, 1.807) is 0 Å². The first-order valence-electron chi connectivity index (χ1n) is 5.73. The van der Waals surface area contributed by atoms with E-state index in [4.69, 9.17) is 4.55 Å². The summed E-state index contributed by atoms with van der Waals surface area (Å²) in [6, 6.07) is 0. The van der Waals surface area contributed by atoms with Gasteiger partial charge in [0.2, 0.25) is 0 Å². The Labute approximate surface area is 104 Å². The van der Waals surface area contributed by atoms with Crippen LogP contribution in [-0.4, -0.2) is 19.6 Å². The smallest absolute Gasteiger partial charge is 0.264 e. The van der Waals surface area contributed by atoms with Crippen LogP contribution in [0.5, 0.6) is 0 Å². The minimum atomic E-state index is -4.29. The van der Waals surface area contributed by atoms with Crippen LogP contribution >= 0.6 is 0 Å². The molecule has 0 fully saturated rings. The predicted molar refractivity (Wildman–Crippen MR) is 69.1 cm³/mol. The van der Waals surface area contributed by atoms with E-state index in [1.165, 1.54) is 5.57 Å². The van der Waals surface area contributed by atoms with Crippen molar-refractivity contribution in [2.24, 2.45) is 5.92 Å². The summed E-state index contributed by atoms with van der Waals surface area (Å²) in [5, 5.41) is 0. The Morgan fingerprint density at radius 2 is 2.00 bits per heavy atom. The second-order valence-electron chi connectivity index (χ2n) is 4.30. The third kappa shape index (κ3) is 13.3. The summed E-state index contributed by atoms with van der Waals surface area (Å²) in [7, 11) is -4.29. The van der Waals surface area contributed by atoms with Gasteiger partial charge in [-0.3, -0.25) is 4.55 Å². The Bertz CT molecular complexity index is 351. The molecule has 5 heteroatoms. The molecule has 1 atom stereocenters. The molecular weight excluding hydrogens is 240 g/mol. The van der Waals surface area contributed by atoms with Crippen molar-refractivity contribution in [2.75, 3.05) is 6.61 Å². The van der Waals surface area contributed by atoms with E-state index in [0.29, 0.717) is 12.3 Å². The zero-order chi connectivity index (χ0) is 13.3. The lowest BCUT2D eigenvalue weighted by atomic mass is 10.0. The monoisotopic (exact) mass is 262 g/mol. The fourth-order valence-electron chi connectivity index (χ4n) is 1.28. The summed E-state index contributed by atoms with van der Waals surface area (Å²) >= 11 is 0. The van der Waals surface area contributed by atoms with Crippen molar-refractivity contribution in [3.8, 4) is 0 Å². The fraction of sp³-hybridized carbons (Fsp3) is 0.667. The maximum absolute atomic E-state index is 10.2. The average Bonchev–Trinajstić information content (AvgIpc) is 2.14. The van der Waals surface area contributed by atoms with Gasteiger partial charge in [0.1, 0.15) is 0 Å². The topological polar surface area (TPSA) is 63.6 Å². The number of hydrogen-bond donors (Lipinski definition) is 1. The quantitative estimate of drug-likeness (QED) is 0.414.